The van der Waals surface area contributed by atoms with Crippen molar-refractivity contribution in [2.75, 3.05) is 6.61 Å². The summed E-state index contributed by atoms with van der Waals surface area (Å²) in [5.41, 5.74) is 0. The Morgan fingerprint density at radius 3 is 2.27 bits per heavy atom. The summed E-state index contributed by atoms with van der Waals surface area (Å²) in [5.74, 6) is -3.10. The molecule has 1 N–H and O–H groups in total. The minimum absolute atomic E-state index is 0.577. The molecular weight excluding hydrogens is 152 g/mol. The molecule has 0 saturated carbocycles. The average Bonchev–Trinajstić information content (AvgIpc) is 1.82. The predicted octanol–water partition coefficient (Wildman–Crippen LogP) is -0.716. The molecular formula is C6H6O5. The molecule has 0 saturated heterocycles. The van der Waals surface area contributed by atoms with Crippen molar-refractivity contribution >= 4 is 17.7 Å². The first-order chi connectivity index (χ1) is 5.02. The van der Waals surface area contributed by atoms with Crippen LogP contribution in [0.3, 0.4) is 0 Å². The Hall–Kier alpha value is -1.39. The lowest BCUT2D eigenvalue weighted by molar-refractivity contribution is -0.153. The lowest BCUT2D eigenvalue weighted by Crippen LogP contribution is -2.14. The number of carboxylic acids is 1. The van der Waals surface area contributed by atoms with Gasteiger partial charge in [-0.25, -0.2) is 0 Å². The van der Waals surface area contributed by atoms with Gasteiger partial charge in [0.25, 0.3) is 0 Å². The Balaban J connectivity index is 3.53. The average molecular weight is 158 g/mol. The van der Waals surface area contributed by atoms with E-state index in [0.717, 1.165) is 0 Å². The van der Waals surface area contributed by atoms with E-state index in [1.165, 1.54) is 0 Å². The number of ketones is 1. The number of carbonyl (C=O) groups excluding carboxylic acids is 2. The fourth-order valence-corrected chi connectivity index (χ4v) is 0.326. The van der Waals surface area contributed by atoms with Crippen LogP contribution in [0, 0.1) is 6.92 Å². The third kappa shape index (κ3) is 6.50. The quantitative estimate of drug-likeness (QED) is 0.431. The van der Waals surface area contributed by atoms with Gasteiger partial charge in [0, 0.05) is 6.92 Å². The highest BCUT2D eigenvalue weighted by atomic mass is 16.5. The second-order valence-electron chi connectivity index (χ2n) is 1.70. The lowest BCUT2D eigenvalue weighted by atomic mass is 10.4. The van der Waals surface area contributed by atoms with Crippen molar-refractivity contribution in [3.63, 3.8) is 0 Å². The topological polar surface area (TPSA) is 80.7 Å². The highest BCUT2D eigenvalue weighted by Gasteiger charge is 2.08. The van der Waals surface area contributed by atoms with E-state index in [4.69, 9.17) is 5.11 Å². The third-order valence-corrected chi connectivity index (χ3v) is 0.671. The molecule has 0 aliphatic heterocycles. The number of carboxylic acid groups (broad SMARTS) is 1. The van der Waals surface area contributed by atoms with Crippen LogP contribution >= 0.6 is 0 Å². The van der Waals surface area contributed by atoms with Gasteiger partial charge < -0.3 is 9.84 Å². The molecule has 0 atom stereocenters. The number of aliphatic carboxylic acids is 1. The highest BCUT2D eigenvalue weighted by molar-refractivity contribution is 5.92. The monoisotopic (exact) mass is 158 g/mol. The number of hydrogen-bond acceptors (Lipinski definition) is 4. The van der Waals surface area contributed by atoms with Crippen molar-refractivity contribution in [3.05, 3.63) is 6.92 Å². The van der Waals surface area contributed by atoms with Crippen LogP contribution in [0.1, 0.15) is 6.42 Å². The summed E-state index contributed by atoms with van der Waals surface area (Å²) < 4.78 is 4.12. The number of hydrogen-bond donors (Lipinski definition) is 1. The van der Waals surface area contributed by atoms with Crippen LogP contribution in [0.4, 0.5) is 0 Å². The SMILES string of the molecule is [CH]C(=O)COC(=O)CC(=O)O. The van der Waals surface area contributed by atoms with Crippen molar-refractivity contribution < 1.29 is 24.2 Å². The number of Topliss-reactive ketones (excluding diaryl/α,β-unsaturated/α-hetero) is 1. The summed E-state index contributed by atoms with van der Waals surface area (Å²) in [5, 5.41) is 8.03. The van der Waals surface area contributed by atoms with E-state index in [1.807, 2.05) is 0 Å². The Kier molecular flexibility index (Phi) is 3.87. The first-order valence-corrected chi connectivity index (χ1v) is 2.68. The molecule has 0 aliphatic carbocycles. The fraction of sp³-hybridized carbons (Fsp3) is 0.333. The van der Waals surface area contributed by atoms with Gasteiger partial charge in [-0.3, -0.25) is 14.4 Å². The van der Waals surface area contributed by atoms with E-state index in [9.17, 15) is 14.4 Å². The molecule has 0 fully saturated rings. The van der Waals surface area contributed by atoms with Gasteiger partial charge in [0.15, 0.2) is 5.78 Å². The van der Waals surface area contributed by atoms with E-state index in [0.29, 0.717) is 0 Å². The molecule has 0 bridgehead atoms. The van der Waals surface area contributed by atoms with Crippen molar-refractivity contribution in [2.24, 2.45) is 0 Å². The Morgan fingerprint density at radius 2 is 1.91 bits per heavy atom. The summed E-state index contributed by atoms with van der Waals surface area (Å²) >= 11 is 0. The minimum Gasteiger partial charge on any atom is -0.481 e. The molecule has 0 heterocycles. The van der Waals surface area contributed by atoms with Crippen LogP contribution in [-0.4, -0.2) is 29.4 Å². The second kappa shape index (κ2) is 4.43. The maximum Gasteiger partial charge on any atom is 0.317 e. The second-order valence-corrected chi connectivity index (χ2v) is 1.70. The number of ether oxygens (including phenoxy) is 1. The number of carbonyl (C=O) groups is 3. The largest absolute Gasteiger partial charge is 0.481 e. The first-order valence-electron chi connectivity index (χ1n) is 2.68. The van der Waals surface area contributed by atoms with E-state index in [2.05, 4.69) is 11.7 Å². The van der Waals surface area contributed by atoms with Crippen LogP contribution in [0.5, 0.6) is 0 Å². The third-order valence-electron chi connectivity index (χ3n) is 0.671. The maximum absolute atomic E-state index is 10.3. The van der Waals surface area contributed by atoms with Gasteiger partial charge >= 0.3 is 11.9 Å². The Labute approximate surface area is 63.0 Å². The highest BCUT2D eigenvalue weighted by Crippen LogP contribution is 1.86. The lowest BCUT2D eigenvalue weighted by Gasteiger charge is -1.97. The van der Waals surface area contributed by atoms with Crippen LogP contribution < -0.4 is 0 Å². The summed E-state index contributed by atoms with van der Waals surface area (Å²) in [4.78, 5) is 30.2. The molecule has 0 aromatic carbocycles. The van der Waals surface area contributed by atoms with Gasteiger partial charge in [-0.05, 0) is 0 Å². The zero-order valence-electron chi connectivity index (χ0n) is 5.57. The molecule has 5 nitrogen and oxygen atoms in total. The molecule has 0 aromatic heterocycles. The molecule has 11 heavy (non-hydrogen) atoms. The van der Waals surface area contributed by atoms with Gasteiger partial charge in [-0.15, -0.1) is 0 Å². The van der Waals surface area contributed by atoms with Gasteiger partial charge in [0.1, 0.15) is 13.0 Å². The van der Waals surface area contributed by atoms with Crippen molar-refractivity contribution in [1.29, 1.82) is 0 Å². The summed E-state index contributed by atoms with van der Waals surface area (Å²) in [6.07, 6.45) is -0.757. The van der Waals surface area contributed by atoms with E-state index in [1.54, 1.807) is 0 Å². The molecule has 5 heteroatoms. The molecule has 0 aliphatic rings. The summed E-state index contributed by atoms with van der Waals surface area (Å²) in [7, 11) is 0. The first kappa shape index (κ1) is 9.61. The Bertz CT molecular complexity index is 183. The number of rotatable bonds is 4. The van der Waals surface area contributed by atoms with Crippen molar-refractivity contribution in [1.82, 2.24) is 0 Å². The fourth-order valence-electron chi connectivity index (χ4n) is 0.326. The van der Waals surface area contributed by atoms with Crippen molar-refractivity contribution in [3.8, 4) is 0 Å². The van der Waals surface area contributed by atoms with Crippen LogP contribution in [0.15, 0.2) is 0 Å². The molecule has 0 spiro atoms. The van der Waals surface area contributed by atoms with E-state index < -0.39 is 30.7 Å². The van der Waals surface area contributed by atoms with Gasteiger partial charge in [0.05, 0.1) is 0 Å². The number of esters is 1. The van der Waals surface area contributed by atoms with E-state index in [-0.39, 0.29) is 0 Å². The predicted molar refractivity (Wildman–Crippen MR) is 32.5 cm³/mol. The van der Waals surface area contributed by atoms with Gasteiger partial charge in [-0.1, -0.05) is 0 Å². The standard InChI is InChI=1S/C6H6O5/c1-4(7)3-11-6(10)2-5(8)9/h1H,2-3H2,(H,8,9). The smallest absolute Gasteiger partial charge is 0.317 e. The van der Waals surface area contributed by atoms with Crippen LogP contribution in [0.2, 0.25) is 0 Å². The summed E-state index contributed by atoms with van der Waals surface area (Å²) in [6, 6.07) is 0. The van der Waals surface area contributed by atoms with Gasteiger partial charge in [-0.2, -0.15) is 0 Å². The zero-order chi connectivity index (χ0) is 8.85. The van der Waals surface area contributed by atoms with Crippen molar-refractivity contribution in [2.45, 2.75) is 6.42 Å². The minimum atomic E-state index is -1.31. The maximum atomic E-state index is 10.3. The van der Waals surface area contributed by atoms with E-state index >= 15 is 0 Å². The molecule has 0 amide bonds. The van der Waals surface area contributed by atoms with Crippen LogP contribution in [0.25, 0.3) is 0 Å². The van der Waals surface area contributed by atoms with Gasteiger partial charge in [0.2, 0.25) is 0 Å². The zero-order valence-corrected chi connectivity index (χ0v) is 5.57. The summed E-state index contributed by atoms with van der Waals surface area (Å²) in [6.45, 7) is 4.03. The normalized spacial score (nSPS) is 8.82. The molecule has 60 valence electrons. The molecule has 0 aromatic rings. The Morgan fingerprint density at radius 1 is 1.36 bits per heavy atom. The molecule has 0 rings (SSSR count). The molecule has 0 unspecified atom stereocenters. The van der Waals surface area contributed by atoms with Crippen LogP contribution in [-0.2, 0) is 19.1 Å². The molecule has 2 radical (unpaired) electrons.